The zero-order chi connectivity index (χ0) is 14.4. The van der Waals surface area contributed by atoms with E-state index in [4.69, 9.17) is 9.47 Å². The Morgan fingerprint density at radius 1 is 1.30 bits per heavy atom. The van der Waals surface area contributed by atoms with Crippen molar-refractivity contribution in [3.63, 3.8) is 0 Å². The second-order valence-corrected chi connectivity index (χ2v) is 3.78. The fourth-order valence-corrected chi connectivity index (χ4v) is 1.54. The van der Waals surface area contributed by atoms with Crippen LogP contribution >= 0.6 is 0 Å². The molecule has 2 rings (SSSR count). The summed E-state index contributed by atoms with van der Waals surface area (Å²) in [4.78, 5) is 11.6. The van der Waals surface area contributed by atoms with Crippen LogP contribution in [0.1, 0.15) is 16.1 Å². The third-order valence-electron chi connectivity index (χ3n) is 2.53. The Labute approximate surface area is 115 Å². The maximum atomic E-state index is 11.6. The summed E-state index contributed by atoms with van der Waals surface area (Å²) in [5.74, 6) is 0.863. The van der Waals surface area contributed by atoms with E-state index in [0.29, 0.717) is 17.2 Å². The lowest BCUT2D eigenvalue weighted by Gasteiger charge is -2.07. The van der Waals surface area contributed by atoms with Crippen LogP contribution in [0.4, 0.5) is 0 Å². The van der Waals surface area contributed by atoms with Gasteiger partial charge < -0.3 is 9.47 Å². The average molecular weight is 274 g/mol. The molecule has 0 atom stereocenters. The number of nitrogens with one attached hydrogen (secondary N) is 2. The Morgan fingerprint density at radius 3 is 2.75 bits per heavy atom. The highest BCUT2D eigenvalue weighted by Gasteiger charge is 2.05. The van der Waals surface area contributed by atoms with Gasteiger partial charge in [-0.25, -0.2) is 5.43 Å². The lowest BCUT2D eigenvalue weighted by Crippen LogP contribution is -2.17. The molecule has 104 valence electrons. The third kappa shape index (κ3) is 3.14. The summed E-state index contributed by atoms with van der Waals surface area (Å²) in [5, 5.41) is 10.1. The van der Waals surface area contributed by atoms with Crippen molar-refractivity contribution in [2.45, 2.75) is 0 Å². The first-order chi connectivity index (χ1) is 9.74. The summed E-state index contributed by atoms with van der Waals surface area (Å²) in [7, 11) is 3.12. The zero-order valence-electron chi connectivity index (χ0n) is 11.1. The quantitative estimate of drug-likeness (QED) is 0.633. The van der Waals surface area contributed by atoms with Gasteiger partial charge in [0.25, 0.3) is 5.91 Å². The summed E-state index contributed by atoms with van der Waals surface area (Å²) < 4.78 is 10.3. The highest BCUT2D eigenvalue weighted by atomic mass is 16.5. The molecule has 0 saturated carbocycles. The number of methoxy groups -OCH3 is 2. The van der Waals surface area contributed by atoms with Crippen LogP contribution in [-0.4, -0.2) is 36.5 Å². The predicted molar refractivity (Wildman–Crippen MR) is 73.2 cm³/mol. The number of hydrazone groups is 1. The molecule has 20 heavy (non-hydrogen) atoms. The van der Waals surface area contributed by atoms with Gasteiger partial charge in [0.05, 0.1) is 20.4 Å². The molecular weight excluding hydrogens is 260 g/mol. The number of aromatic amines is 1. The average Bonchev–Trinajstić information content (AvgIpc) is 3.01. The van der Waals surface area contributed by atoms with E-state index in [9.17, 15) is 4.79 Å². The van der Waals surface area contributed by atoms with Crippen LogP contribution in [-0.2, 0) is 0 Å². The third-order valence-corrected chi connectivity index (χ3v) is 2.53. The summed E-state index contributed by atoms with van der Waals surface area (Å²) in [6.45, 7) is 0. The maximum Gasteiger partial charge on any atom is 0.289 e. The predicted octanol–water partition coefficient (Wildman–Crippen LogP) is 1.19. The number of nitrogens with zero attached hydrogens (tertiary/aromatic N) is 2. The molecule has 1 aromatic carbocycles. The van der Waals surface area contributed by atoms with Gasteiger partial charge in [0, 0.05) is 6.20 Å². The first-order valence-electron chi connectivity index (χ1n) is 5.79. The first-order valence-corrected chi connectivity index (χ1v) is 5.79. The normalized spacial score (nSPS) is 10.5. The van der Waals surface area contributed by atoms with Gasteiger partial charge in [-0.3, -0.25) is 9.89 Å². The molecule has 0 aliphatic carbocycles. The van der Waals surface area contributed by atoms with Gasteiger partial charge in [-0.2, -0.15) is 10.2 Å². The minimum Gasteiger partial charge on any atom is -0.493 e. The molecule has 1 amide bonds. The Bertz CT molecular complexity index is 608. The van der Waals surface area contributed by atoms with Crippen molar-refractivity contribution in [2.24, 2.45) is 5.10 Å². The Balaban J connectivity index is 2.03. The molecule has 1 aromatic heterocycles. The number of carbonyl (C=O) groups excluding carboxylic acids is 1. The van der Waals surface area contributed by atoms with Crippen molar-refractivity contribution in [3.05, 3.63) is 41.7 Å². The van der Waals surface area contributed by atoms with E-state index in [-0.39, 0.29) is 5.91 Å². The van der Waals surface area contributed by atoms with E-state index >= 15 is 0 Å². The molecule has 0 aliphatic heterocycles. The standard InChI is InChI=1S/C13H14N4O3/c1-19-11-4-3-9(7-12(11)20-2)8-15-17-13(18)10-5-6-14-16-10/h3-8H,1-2H3,(H,14,16)(H,17,18)/b15-8+. The summed E-state index contributed by atoms with van der Waals surface area (Å²) >= 11 is 0. The van der Waals surface area contributed by atoms with Crippen LogP contribution in [0, 0.1) is 0 Å². The van der Waals surface area contributed by atoms with E-state index in [1.807, 2.05) is 0 Å². The number of aromatic nitrogens is 2. The SMILES string of the molecule is COc1ccc(/C=N/NC(=O)c2ccn[nH]2)cc1OC. The molecule has 0 radical (unpaired) electrons. The van der Waals surface area contributed by atoms with Gasteiger partial charge in [0.1, 0.15) is 5.69 Å². The summed E-state index contributed by atoms with van der Waals surface area (Å²) in [5.41, 5.74) is 3.50. The minimum absolute atomic E-state index is 0.342. The Hall–Kier alpha value is -2.83. The Kier molecular flexibility index (Phi) is 4.33. The van der Waals surface area contributed by atoms with E-state index in [2.05, 4.69) is 20.7 Å². The lowest BCUT2D eigenvalue weighted by molar-refractivity contribution is 0.0950. The van der Waals surface area contributed by atoms with Crippen molar-refractivity contribution in [3.8, 4) is 11.5 Å². The van der Waals surface area contributed by atoms with Crippen LogP contribution in [0.25, 0.3) is 0 Å². The zero-order valence-corrected chi connectivity index (χ0v) is 11.1. The number of H-pyrrole nitrogens is 1. The van der Waals surface area contributed by atoms with Crippen LogP contribution < -0.4 is 14.9 Å². The fraction of sp³-hybridized carbons (Fsp3) is 0.154. The number of benzene rings is 1. The van der Waals surface area contributed by atoms with E-state index in [1.54, 1.807) is 38.5 Å². The number of carbonyl (C=O) groups is 1. The lowest BCUT2D eigenvalue weighted by atomic mass is 10.2. The number of rotatable bonds is 5. The second-order valence-electron chi connectivity index (χ2n) is 3.78. The van der Waals surface area contributed by atoms with Gasteiger partial charge in [-0.15, -0.1) is 0 Å². The van der Waals surface area contributed by atoms with Crippen LogP contribution in [0.3, 0.4) is 0 Å². The van der Waals surface area contributed by atoms with Crippen molar-refractivity contribution in [1.29, 1.82) is 0 Å². The van der Waals surface area contributed by atoms with Crippen LogP contribution in [0.2, 0.25) is 0 Å². The molecular formula is C13H14N4O3. The van der Waals surface area contributed by atoms with E-state index < -0.39 is 0 Å². The second kappa shape index (κ2) is 6.37. The van der Waals surface area contributed by atoms with Gasteiger partial charge in [0.15, 0.2) is 11.5 Å². The molecule has 0 saturated heterocycles. The van der Waals surface area contributed by atoms with Gasteiger partial charge >= 0.3 is 0 Å². The Morgan fingerprint density at radius 2 is 2.10 bits per heavy atom. The molecule has 0 aliphatic rings. The summed E-state index contributed by atoms with van der Waals surface area (Å²) in [6, 6.07) is 6.87. The van der Waals surface area contributed by atoms with Crippen molar-refractivity contribution in [1.82, 2.24) is 15.6 Å². The monoisotopic (exact) mass is 274 g/mol. The highest BCUT2D eigenvalue weighted by Crippen LogP contribution is 2.26. The number of hydrogen-bond donors (Lipinski definition) is 2. The molecule has 0 unspecified atom stereocenters. The highest BCUT2D eigenvalue weighted by molar-refractivity contribution is 5.93. The fourth-order valence-electron chi connectivity index (χ4n) is 1.54. The van der Waals surface area contributed by atoms with E-state index in [0.717, 1.165) is 5.56 Å². The topological polar surface area (TPSA) is 88.6 Å². The first kappa shape index (κ1) is 13.6. The molecule has 2 aromatic rings. The maximum absolute atomic E-state index is 11.6. The largest absolute Gasteiger partial charge is 0.493 e. The molecule has 1 heterocycles. The molecule has 2 N–H and O–H groups in total. The number of hydrogen-bond acceptors (Lipinski definition) is 5. The minimum atomic E-state index is -0.362. The van der Waals surface area contributed by atoms with Gasteiger partial charge in [0.2, 0.25) is 0 Å². The molecule has 0 fully saturated rings. The smallest absolute Gasteiger partial charge is 0.289 e. The van der Waals surface area contributed by atoms with Crippen molar-refractivity contribution >= 4 is 12.1 Å². The number of amides is 1. The van der Waals surface area contributed by atoms with E-state index in [1.165, 1.54) is 12.4 Å². The number of ether oxygens (including phenoxy) is 2. The van der Waals surface area contributed by atoms with Crippen molar-refractivity contribution < 1.29 is 14.3 Å². The molecule has 0 bridgehead atoms. The van der Waals surface area contributed by atoms with Gasteiger partial charge in [-0.1, -0.05) is 0 Å². The molecule has 7 heteroatoms. The van der Waals surface area contributed by atoms with Crippen LogP contribution in [0.15, 0.2) is 35.6 Å². The summed E-state index contributed by atoms with van der Waals surface area (Å²) in [6.07, 6.45) is 3.00. The van der Waals surface area contributed by atoms with Crippen LogP contribution in [0.5, 0.6) is 11.5 Å². The van der Waals surface area contributed by atoms with Crippen molar-refractivity contribution in [2.75, 3.05) is 14.2 Å². The molecule has 7 nitrogen and oxygen atoms in total. The molecule has 0 spiro atoms. The van der Waals surface area contributed by atoms with Gasteiger partial charge in [-0.05, 0) is 29.8 Å².